The number of hydrogen-bond acceptors (Lipinski definition) is 7. The zero-order chi connectivity index (χ0) is 21.6. The lowest BCUT2D eigenvalue weighted by Gasteiger charge is -2.35. The van der Waals surface area contributed by atoms with E-state index in [1.807, 2.05) is 18.2 Å². The quantitative estimate of drug-likeness (QED) is 0.647. The molecule has 0 unspecified atom stereocenters. The van der Waals surface area contributed by atoms with E-state index in [0.29, 0.717) is 26.2 Å². The number of hydrogen-bond donors (Lipinski definition) is 1. The SMILES string of the molecule is CCNS(=O)(=O)c1ccc(C(=O)OCC(=O)N2CCN(c3ccccn3)CC2)cc1. The molecule has 0 saturated carbocycles. The second-order valence-electron chi connectivity index (χ2n) is 6.66. The van der Waals surface area contributed by atoms with Crippen LogP contribution in [0.2, 0.25) is 0 Å². The largest absolute Gasteiger partial charge is 0.452 e. The monoisotopic (exact) mass is 432 g/mol. The van der Waals surface area contributed by atoms with Gasteiger partial charge in [0.1, 0.15) is 5.82 Å². The van der Waals surface area contributed by atoms with Gasteiger partial charge in [0.2, 0.25) is 10.0 Å². The van der Waals surface area contributed by atoms with Gasteiger partial charge in [-0.2, -0.15) is 0 Å². The highest BCUT2D eigenvalue weighted by atomic mass is 32.2. The predicted octanol–water partition coefficient (Wildman–Crippen LogP) is 0.885. The lowest BCUT2D eigenvalue weighted by molar-refractivity contribution is -0.134. The maximum absolute atomic E-state index is 12.4. The third-order valence-corrected chi connectivity index (χ3v) is 6.23. The van der Waals surface area contributed by atoms with Crippen LogP contribution in [-0.4, -0.2) is 69.5 Å². The number of amides is 1. The Morgan fingerprint density at radius 2 is 1.77 bits per heavy atom. The number of pyridine rings is 1. The summed E-state index contributed by atoms with van der Waals surface area (Å²) >= 11 is 0. The molecular formula is C20H24N4O5S. The summed E-state index contributed by atoms with van der Waals surface area (Å²) in [7, 11) is -3.59. The Hall–Kier alpha value is -2.98. The summed E-state index contributed by atoms with van der Waals surface area (Å²) in [6.07, 6.45) is 1.73. The number of aromatic nitrogens is 1. The number of carbonyl (C=O) groups is 2. The van der Waals surface area contributed by atoms with Gasteiger partial charge in [-0.3, -0.25) is 4.79 Å². The number of nitrogens with zero attached hydrogens (tertiary/aromatic N) is 3. The average molecular weight is 433 g/mol. The van der Waals surface area contributed by atoms with Gasteiger partial charge in [0, 0.05) is 38.9 Å². The van der Waals surface area contributed by atoms with Gasteiger partial charge in [0.25, 0.3) is 5.91 Å². The highest BCUT2D eigenvalue weighted by Gasteiger charge is 2.23. The van der Waals surface area contributed by atoms with E-state index in [2.05, 4.69) is 14.6 Å². The maximum atomic E-state index is 12.4. The van der Waals surface area contributed by atoms with Crippen LogP contribution in [0.4, 0.5) is 5.82 Å². The molecule has 10 heteroatoms. The fourth-order valence-electron chi connectivity index (χ4n) is 3.07. The molecule has 2 heterocycles. The minimum absolute atomic E-state index is 0.0581. The number of rotatable bonds is 7. The summed E-state index contributed by atoms with van der Waals surface area (Å²) in [5.74, 6) is -0.0751. The minimum atomic E-state index is -3.59. The summed E-state index contributed by atoms with van der Waals surface area (Å²) in [6.45, 7) is 3.92. The van der Waals surface area contributed by atoms with Gasteiger partial charge in [-0.1, -0.05) is 13.0 Å². The number of ether oxygens (including phenoxy) is 1. The molecule has 0 atom stereocenters. The van der Waals surface area contributed by atoms with Crippen molar-refractivity contribution in [3.05, 3.63) is 54.2 Å². The summed E-state index contributed by atoms with van der Waals surface area (Å²) < 4.78 is 31.3. The van der Waals surface area contributed by atoms with Crippen molar-refractivity contribution in [2.75, 3.05) is 44.2 Å². The van der Waals surface area contributed by atoms with E-state index < -0.39 is 16.0 Å². The molecule has 0 radical (unpaired) electrons. The highest BCUT2D eigenvalue weighted by molar-refractivity contribution is 7.89. The van der Waals surface area contributed by atoms with Crippen LogP contribution in [0.1, 0.15) is 17.3 Å². The average Bonchev–Trinajstić information content (AvgIpc) is 2.78. The summed E-state index contributed by atoms with van der Waals surface area (Å²) in [6, 6.07) is 11.1. The number of piperazine rings is 1. The van der Waals surface area contributed by atoms with Crippen LogP contribution in [-0.2, 0) is 19.6 Å². The van der Waals surface area contributed by atoms with Crippen molar-refractivity contribution >= 4 is 27.7 Å². The van der Waals surface area contributed by atoms with Crippen molar-refractivity contribution in [1.82, 2.24) is 14.6 Å². The van der Waals surface area contributed by atoms with Crippen LogP contribution in [0, 0.1) is 0 Å². The lowest BCUT2D eigenvalue weighted by atomic mass is 10.2. The van der Waals surface area contributed by atoms with Gasteiger partial charge < -0.3 is 14.5 Å². The van der Waals surface area contributed by atoms with Crippen molar-refractivity contribution in [3.63, 3.8) is 0 Å². The molecule has 2 aromatic rings. The molecule has 0 aliphatic carbocycles. The van der Waals surface area contributed by atoms with Crippen molar-refractivity contribution in [1.29, 1.82) is 0 Å². The molecule has 1 N–H and O–H groups in total. The molecule has 1 aliphatic heterocycles. The molecule has 1 aromatic heterocycles. The zero-order valence-corrected chi connectivity index (χ0v) is 17.5. The number of esters is 1. The van der Waals surface area contributed by atoms with Crippen molar-refractivity contribution in [2.45, 2.75) is 11.8 Å². The van der Waals surface area contributed by atoms with Gasteiger partial charge in [0.05, 0.1) is 10.5 Å². The van der Waals surface area contributed by atoms with Crippen LogP contribution in [0.15, 0.2) is 53.6 Å². The van der Waals surface area contributed by atoms with Crippen LogP contribution in [0.25, 0.3) is 0 Å². The molecule has 1 aliphatic rings. The van der Waals surface area contributed by atoms with E-state index in [-0.39, 0.29) is 29.5 Å². The van der Waals surface area contributed by atoms with E-state index in [4.69, 9.17) is 4.74 Å². The number of sulfonamides is 1. The number of anilines is 1. The van der Waals surface area contributed by atoms with E-state index in [0.717, 1.165) is 5.82 Å². The van der Waals surface area contributed by atoms with E-state index in [1.165, 1.54) is 24.3 Å². The van der Waals surface area contributed by atoms with Gasteiger partial charge >= 0.3 is 5.97 Å². The third-order valence-electron chi connectivity index (χ3n) is 4.67. The molecule has 30 heavy (non-hydrogen) atoms. The maximum Gasteiger partial charge on any atom is 0.338 e. The zero-order valence-electron chi connectivity index (χ0n) is 16.7. The van der Waals surface area contributed by atoms with Crippen LogP contribution >= 0.6 is 0 Å². The molecule has 0 bridgehead atoms. The Morgan fingerprint density at radius 3 is 2.37 bits per heavy atom. The highest BCUT2D eigenvalue weighted by Crippen LogP contribution is 2.14. The topological polar surface area (TPSA) is 109 Å². The Bertz CT molecular complexity index is 972. The molecule has 1 fully saturated rings. The van der Waals surface area contributed by atoms with Crippen molar-refractivity contribution in [2.24, 2.45) is 0 Å². The second kappa shape index (κ2) is 9.68. The molecule has 1 aromatic carbocycles. The van der Waals surface area contributed by atoms with Gasteiger partial charge in [-0.05, 0) is 36.4 Å². The van der Waals surface area contributed by atoms with Crippen LogP contribution in [0.3, 0.4) is 0 Å². The Kier molecular flexibility index (Phi) is 7.01. The molecule has 9 nitrogen and oxygen atoms in total. The summed E-state index contributed by atoms with van der Waals surface area (Å²) in [4.78, 5) is 32.7. The second-order valence-corrected chi connectivity index (χ2v) is 8.42. The molecule has 160 valence electrons. The van der Waals surface area contributed by atoms with Gasteiger partial charge in [0.15, 0.2) is 6.61 Å². The summed E-state index contributed by atoms with van der Waals surface area (Å²) in [5.41, 5.74) is 0.179. The Morgan fingerprint density at radius 1 is 1.07 bits per heavy atom. The smallest absolute Gasteiger partial charge is 0.338 e. The van der Waals surface area contributed by atoms with E-state index in [1.54, 1.807) is 18.0 Å². The predicted molar refractivity (Wildman–Crippen MR) is 111 cm³/mol. The first-order chi connectivity index (χ1) is 14.4. The third kappa shape index (κ3) is 5.33. The normalized spacial score (nSPS) is 14.4. The first-order valence-corrected chi connectivity index (χ1v) is 11.1. The summed E-state index contributed by atoms with van der Waals surface area (Å²) in [5, 5.41) is 0. The van der Waals surface area contributed by atoms with Crippen LogP contribution < -0.4 is 9.62 Å². The fraction of sp³-hybridized carbons (Fsp3) is 0.350. The van der Waals surface area contributed by atoms with E-state index in [9.17, 15) is 18.0 Å². The first kappa shape index (κ1) is 21.7. The molecule has 3 rings (SSSR count). The number of nitrogens with one attached hydrogen (secondary N) is 1. The standard InChI is InChI=1S/C20H24N4O5S/c1-2-22-30(27,28)17-8-6-16(7-9-17)20(26)29-15-19(25)24-13-11-23(12-14-24)18-5-3-4-10-21-18/h3-10,22H,2,11-15H2,1H3. The molecule has 0 spiro atoms. The number of benzene rings is 1. The molecule has 1 saturated heterocycles. The van der Waals surface area contributed by atoms with E-state index >= 15 is 0 Å². The van der Waals surface area contributed by atoms with Gasteiger partial charge in [-0.15, -0.1) is 0 Å². The molecular weight excluding hydrogens is 408 g/mol. The Balaban J connectivity index is 1.48. The molecule has 1 amide bonds. The first-order valence-electron chi connectivity index (χ1n) is 9.61. The van der Waals surface area contributed by atoms with Crippen molar-refractivity contribution < 1.29 is 22.7 Å². The number of carbonyl (C=O) groups excluding carboxylic acids is 2. The Labute approximate surface area is 175 Å². The van der Waals surface area contributed by atoms with Crippen molar-refractivity contribution in [3.8, 4) is 0 Å². The fourth-order valence-corrected chi connectivity index (χ4v) is 4.11. The van der Waals surface area contributed by atoms with Crippen LogP contribution in [0.5, 0.6) is 0 Å². The lowest BCUT2D eigenvalue weighted by Crippen LogP contribution is -2.50. The minimum Gasteiger partial charge on any atom is -0.452 e. The van der Waals surface area contributed by atoms with Gasteiger partial charge in [-0.25, -0.2) is 22.9 Å².